The van der Waals surface area contributed by atoms with Crippen LogP contribution in [0.25, 0.3) is 0 Å². The van der Waals surface area contributed by atoms with Gasteiger partial charge < -0.3 is 10.5 Å². The van der Waals surface area contributed by atoms with Gasteiger partial charge in [-0.05, 0) is 12.8 Å². The van der Waals surface area contributed by atoms with Crippen LogP contribution in [-0.2, 0) is 11.8 Å². The van der Waals surface area contributed by atoms with Crippen molar-refractivity contribution in [3.63, 3.8) is 0 Å². The Labute approximate surface area is 111 Å². The largest absolute Gasteiger partial charge is 0.372 e. The zero-order valence-corrected chi connectivity index (χ0v) is 11.9. The second-order valence-electron chi connectivity index (χ2n) is 4.87. The SMILES string of the molecule is CCCCCCOC(c1cnn(C)c1)C(N)CC. The average Bonchev–Trinajstić information content (AvgIpc) is 2.79. The second-order valence-corrected chi connectivity index (χ2v) is 4.87. The number of hydrogen-bond acceptors (Lipinski definition) is 3. The summed E-state index contributed by atoms with van der Waals surface area (Å²) in [5.41, 5.74) is 7.22. The van der Waals surface area contributed by atoms with Crippen molar-refractivity contribution in [1.82, 2.24) is 9.78 Å². The van der Waals surface area contributed by atoms with Crippen LogP contribution in [0.4, 0.5) is 0 Å². The third kappa shape index (κ3) is 4.78. The Kier molecular flexibility index (Phi) is 6.98. The molecule has 1 heterocycles. The van der Waals surface area contributed by atoms with E-state index in [1.165, 1.54) is 19.3 Å². The second kappa shape index (κ2) is 8.27. The smallest absolute Gasteiger partial charge is 0.101 e. The molecule has 0 aromatic carbocycles. The first kappa shape index (κ1) is 15.2. The summed E-state index contributed by atoms with van der Waals surface area (Å²) < 4.78 is 7.76. The summed E-state index contributed by atoms with van der Waals surface area (Å²) in [5, 5.41) is 4.19. The van der Waals surface area contributed by atoms with Crippen LogP contribution in [0.5, 0.6) is 0 Å². The van der Waals surface area contributed by atoms with Crippen molar-refractivity contribution in [1.29, 1.82) is 0 Å². The number of nitrogens with zero attached hydrogens (tertiary/aromatic N) is 2. The molecule has 4 nitrogen and oxygen atoms in total. The molecule has 1 rings (SSSR count). The van der Waals surface area contributed by atoms with E-state index in [9.17, 15) is 0 Å². The molecule has 0 amide bonds. The third-order valence-electron chi connectivity index (χ3n) is 3.21. The minimum absolute atomic E-state index is 0.0228. The van der Waals surface area contributed by atoms with Crippen molar-refractivity contribution in [2.24, 2.45) is 12.8 Å². The molecule has 2 N–H and O–H groups in total. The van der Waals surface area contributed by atoms with Gasteiger partial charge in [0.15, 0.2) is 0 Å². The number of ether oxygens (including phenoxy) is 1. The highest BCUT2D eigenvalue weighted by molar-refractivity contribution is 5.10. The summed E-state index contributed by atoms with van der Waals surface area (Å²) >= 11 is 0. The van der Waals surface area contributed by atoms with Gasteiger partial charge in [0, 0.05) is 31.5 Å². The molecule has 0 aliphatic rings. The molecule has 0 saturated carbocycles. The fourth-order valence-corrected chi connectivity index (χ4v) is 2.01. The molecule has 1 aromatic heterocycles. The van der Waals surface area contributed by atoms with Crippen LogP contribution >= 0.6 is 0 Å². The molecule has 1 aromatic rings. The Morgan fingerprint density at radius 2 is 2.11 bits per heavy atom. The Balaban J connectivity index is 2.46. The van der Waals surface area contributed by atoms with Gasteiger partial charge in [0.2, 0.25) is 0 Å². The highest BCUT2D eigenvalue weighted by atomic mass is 16.5. The summed E-state index contributed by atoms with van der Waals surface area (Å²) in [5.74, 6) is 0. The monoisotopic (exact) mass is 253 g/mol. The third-order valence-corrected chi connectivity index (χ3v) is 3.21. The first-order valence-corrected chi connectivity index (χ1v) is 7.04. The standard InChI is InChI=1S/C14H27N3O/c1-4-6-7-8-9-18-14(13(15)5-2)12-10-16-17(3)11-12/h10-11,13-14H,4-9,15H2,1-3H3. The molecular formula is C14H27N3O. The van der Waals surface area contributed by atoms with E-state index in [4.69, 9.17) is 10.5 Å². The van der Waals surface area contributed by atoms with Crippen molar-refractivity contribution in [2.45, 2.75) is 58.1 Å². The molecule has 104 valence electrons. The van der Waals surface area contributed by atoms with Gasteiger partial charge in [-0.15, -0.1) is 0 Å². The molecule has 4 heteroatoms. The lowest BCUT2D eigenvalue weighted by molar-refractivity contribution is 0.0311. The predicted molar refractivity (Wildman–Crippen MR) is 74.3 cm³/mol. The van der Waals surface area contributed by atoms with Crippen molar-refractivity contribution in [3.8, 4) is 0 Å². The van der Waals surface area contributed by atoms with Gasteiger partial charge in [0.05, 0.1) is 6.20 Å². The maximum absolute atomic E-state index is 6.14. The van der Waals surface area contributed by atoms with E-state index in [2.05, 4.69) is 18.9 Å². The first-order chi connectivity index (χ1) is 8.69. The van der Waals surface area contributed by atoms with Crippen molar-refractivity contribution in [2.75, 3.05) is 6.61 Å². The van der Waals surface area contributed by atoms with Crippen LogP contribution in [-0.4, -0.2) is 22.4 Å². The Morgan fingerprint density at radius 1 is 1.33 bits per heavy atom. The molecule has 2 unspecified atom stereocenters. The average molecular weight is 253 g/mol. The van der Waals surface area contributed by atoms with Gasteiger partial charge in [-0.1, -0.05) is 33.1 Å². The number of rotatable bonds is 9. The fourth-order valence-electron chi connectivity index (χ4n) is 2.01. The zero-order valence-electron chi connectivity index (χ0n) is 11.9. The van der Waals surface area contributed by atoms with Gasteiger partial charge in [-0.2, -0.15) is 5.10 Å². The fraction of sp³-hybridized carbons (Fsp3) is 0.786. The molecule has 0 saturated heterocycles. The number of aryl methyl sites for hydroxylation is 1. The number of nitrogens with two attached hydrogens (primary N) is 1. The van der Waals surface area contributed by atoms with E-state index in [0.717, 1.165) is 25.0 Å². The lowest BCUT2D eigenvalue weighted by Gasteiger charge is -2.22. The van der Waals surface area contributed by atoms with Crippen molar-refractivity contribution in [3.05, 3.63) is 18.0 Å². The highest BCUT2D eigenvalue weighted by Crippen LogP contribution is 2.22. The molecule has 2 atom stereocenters. The van der Waals surface area contributed by atoms with Gasteiger partial charge in [-0.3, -0.25) is 4.68 Å². The summed E-state index contributed by atoms with van der Waals surface area (Å²) in [7, 11) is 1.92. The van der Waals surface area contributed by atoms with E-state index >= 15 is 0 Å². The predicted octanol–water partition coefficient (Wildman–Crippen LogP) is 2.80. The van der Waals surface area contributed by atoms with E-state index in [1.807, 2.05) is 19.4 Å². The summed E-state index contributed by atoms with van der Waals surface area (Å²) in [4.78, 5) is 0. The molecular weight excluding hydrogens is 226 g/mol. The number of aromatic nitrogens is 2. The van der Waals surface area contributed by atoms with Crippen LogP contribution in [0.15, 0.2) is 12.4 Å². The zero-order chi connectivity index (χ0) is 13.4. The van der Waals surface area contributed by atoms with E-state index in [-0.39, 0.29) is 12.1 Å². The van der Waals surface area contributed by atoms with E-state index in [0.29, 0.717) is 0 Å². The lowest BCUT2D eigenvalue weighted by atomic mass is 10.0. The molecule has 0 bridgehead atoms. The molecule has 0 fully saturated rings. The minimum Gasteiger partial charge on any atom is -0.372 e. The highest BCUT2D eigenvalue weighted by Gasteiger charge is 2.20. The van der Waals surface area contributed by atoms with Crippen molar-refractivity contribution < 1.29 is 4.74 Å². The quantitative estimate of drug-likeness (QED) is 0.688. The molecule has 0 aliphatic carbocycles. The van der Waals surface area contributed by atoms with Crippen LogP contribution in [0.3, 0.4) is 0 Å². The normalized spacial score (nSPS) is 14.7. The van der Waals surface area contributed by atoms with Crippen LogP contribution in [0.1, 0.15) is 57.6 Å². The van der Waals surface area contributed by atoms with E-state index in [1.54, 1.807) is 4.68 Å². The minimum atomic E-state index is -0.0228. The molecule has 0 radical (unpaired) electrons. The van der Waals surface area contributed by atoms with Crippen molar-refractivity contribution >= 4 is 0 Å². The van der Waals surface area contributed by atoms with Crippen LogP contribution in [0, 0.1) is 0 Å². The summed E-state index contributed by atoms with van der Waals surface area (Å²) in [6, 6.07) is 0.0420. The van der Waals surface area contributed by atoms with Crippen LogP contribution < -0.4 is 5.73 Å². The van der Waals surface area contributed by atoms with Gasteiger partial charge in [-0.25, -0.2) is 0 Å². The number of hydrogen-bond donors (Lipinski definition) is 1. The van der Waals surface area contributed by atoms with Crippen LogP contribution in [0.2, 0.25) is 0 Å². The van der Waals surface area contributed by atoms with E-state index < -0.39 is 0 Å². The van der Waals surface area contributed by atoms with Gasteiger partial charge in [0.25, 0.3) is 0 Å². The summed E-state index contributed by atoms with van der Waals surface area (Å²) in [6.45, 7) is 5.09. The topological polar surface area (TPSA) is 53.1 Å². The maximum atomic E-state index is 6.14. The lowest BCUT2D eigenvalue weighted by Crippen LogP contribution is -2.29. The maximum Gasteiger partial charge on any atom is 0.101 e. The van der Waals surface area contributed by atoms with Gasteiger partial charge in [0.1, 0.15) is 6.10 Å². The molecule has 18 heavy (non-hydrogen) atoms. The number of unbranched alkanes of at least 4 members (excludes halogenated alkanes) is 3. The molecule has 0 aliphatic heterocycles. The Bertz CT molecular complexity index is 325. The first-order valence-electron chi connectivity index (χ1n) is 7.04. The Hall–Kier alpha value is -0.870. The van der Waals surface area contributed by atoms with Gasteiger partial charge >= 0.3 is 0 Å². The molecule has 0 spiro atoms. The summed E-state index contributed by atoms with van der Waals surface area (Å²) in [6.07, 6.45) is 9.61. The Morgan fingerprint density at radius 3 is 2.67 bits per heavy atom.